The molecule has 0 aromatic heterocycles. The topological polar surface area (TPSA) is 102 Å². The molecule has 2 saturated heterocycles. The smallest absolute Gasteiger partial charge is 0.237 e. The Hall–Kier alpha value is -1.16. The molecule has 18 heavy (non-hydrogen) atoms. The standard InChI is InChI=1S/C12H20N4O2/c1-8(17)10(11(14)18)16-7-12(4-2-6-15-12)9(16)3-5-13/h8-10,15,17H,2-4,6-7H2,1H3,(H2,14,18)/t8-,9?,10+,12?/m1/s1. The highest BCUT2D eigenvalue weighted by atomic mass is 16.3. The van der Waals surface area contributed by atoms with Gasteiger partial charge in [0.25, 0.3) is 0 Å². The summed E-state index contributed by atoms with van der Waals surface area (Å²) in [6.45, 7) is 3.19. The Morgan fingerprint density at radius 1 is 1.78 bits per heavy atom. The van der Waals surface area contributed by atoms with Crippen LogP contribution in [0.1, 0.15) is 26.2 Å². The number of nitrogens with one attached hydrogen (secondary N) is 1. The van der Waals surface area contributed by atoms with Gasteiger partial charge in [0, 0.05) is 18.1 Å². The normalized spacial score (nSPS) is 34.8. The van der Waals surface area contributed by atoms with Gasteiger partial charge in [-0.3, -0.25) is 9.69 Å². The predicted octanol–water partition coefficient (Wildman–Crippen LogP) is -1.06. The third-order valence-corrected chi connectivity index (χ3v) is 4.17. The molecule has 2 aliphatic heterocycles. The van der Waals surface area contributed by atoms with Crippen molar-refractivity contribution in [2.75, 3.05) is 13.1 Å². The van der Waals surface area contributed by atoms with Gasteiger partial charge in [0.2, 0.25) is 5.91 Å². The van der Waals surface area contributed by atoms with Gasteiger partial charge in [0.15, 0.2) is 0 Å². The van der Waals surface area contributed by atoms with E-state index in [0.717, 1.165) is 19.4 Å². The van der Waals surface area contributed by atoms with E-state index in [1.54, 1.807) is 6.92 Å². The van der Waals surface area contributed by atoms with Crippen LogP contribution < -0.4 is 11.1 Å². The van der Waals surface area contributed by atoms with Crippen LogP contribution in [0.15, 0.2) is 0 Å². The van der Waals surface area contributed by atoms with Gasteiger partial charge in [0.1, 0.15) is 6.04 Å². The molecule has 0 saturated carbocycles. The molecule has 2 rings (SSSR count). The molecule has 0 aromatic carbocycles. The number of hydrogen-bond donors (Lipinski definition) is 3. The monoisotopic (exact) mass is 252 g/mol. The quantitative estimate of drug-likeness (QED) is 0.592. The van der Waals surface area contributed by atoms with Crippen LogP contribution in [0, 0.1) is 11.3 Å². The van der Waals surface area contributed by atoms with Crippen molar-refractivity contribution in [1.82, 2.24) is 10.2 Å². The molecule has 2 unspecified atom stereocenters. The van der Waals surface area contributed by atoms with Gasteiger partial charge in [0.05, 0.1) is 18.6 Å². The lowest BCUT2D eigenvalue weighted by Crippen LogP contribution is -2.78. The summed E-state index contributed by atoms with van der Waals surface area (Å²) in [5.41, 5.74) is 5.29. The first-order valence-electron chi connectivity index (χ1n) is 6.37. The highest BCUT2D eigenvalue weighted by Gasteiger charge is 2.56. The largest absolute Gasteiger partial charge is 0.391 e. The maximum Gasteiger partial charge on any atom is 0.237 e. The molecule has 100 valence electrons. The van der Waals surface area contributed by atoms with E-state index in [-0.39, 0.29) is 11.6 Å². The summed E-state index contributed by atoms with van der Waals surface area (Å²) in [5, 5.41) is 22.1. The Labute approximate surface area is 107 Å². The second-order valence-electron chi connectivity index (χ2n) is 5.32. The Bertz CT molecular complexity index is 371. The first kappa shape index (κ1) is 13.3. The third kappa shape index (κ3) is 1.99. The van der Waals surface area contributed by atoms with Crippen molar-refractivity contribution >= 4 is 5.91 Å². The van der Waals surface area contributed by atoms with Gasteiger partial charge in [-0.2, -0.15) is 5.26 Å². The highest BCUT2D eigenvalue weighted by Crippen LogP contribution is 2.40. The number of nitriles is 1. The van der Waals surface area contributed by atoms with Crippen molar-refractivity contribution in [3.63, 3.8) is 0 Å². The number of nitrogens with zero attached hydrogens (tertiary/aromatic N) is 2. The number of rotatable bonds is 4. The summed E-state index contributed by atoms with van der Waals surface area (Å²) in [6, 6.07) is 1.44. The van der Waals surface area contributed by atoms with E-state index in [9.17, 15) is 9.90 Å². The van der Waals surface area contributed by atoms with Crippen LogP contribution in [-0.2, 0) is 4.79 Å². The Morgan fingerprint density at radius 3 is 2.94 bits per heavy atom. The number of amides is 1. The van der Waals surface area contributed by atoms with Gasteiger partial charge in [-0.05, 0) is 26.3 Å². The van der Waals surface area contributed by atoms with Gasteiger partial charge in [-0.1, -0.05) is 0 Å². The van der Waals surface area contributed by atoms with E-state index >= 15 is 0 Å². The van der Waals surface area contributed by atoms with Crippen molar-refractivity contribution in [3.8, 4) is 6.07 Å². The lowest BCUT2D eigenvalue weighted by molar-refractivity contribution is -0.139. The molecule has 4 N–H and O–H groups in total. The van der Waals surface area contributed by atoms with E-state index in [1.807, 2.05) is 4.90 Å². The summed E-state index contributed by atoms with van der Waals surface area (Å²) >= 11 is 0. The molecule has 0 aromatic rings. The molecule has 6 nitrogen and oxygen atoms in total. The first-order chi connectivity index (χ1) is 8.52. The number of aliphatic hydroxyl groups excluding tert-OH is 1. The van der Waals surface area contributed by atoms with Crippen LogP contribution >= 0.6 is 0 Å². The zero-order chi connectivity index (χ0) is 13.3. The molecule has 1 amide bonds. The zero-order valence-electron chi connectivity index (χ0n) is 10.6. The van der Waals surface area contributed by atoms with Gasteiger partial charge in [-0.25, -0.2) is 0 Å². The summed E-state index contributed by atoms with van der Waals surface area (Å²) in [4.78, 5) is 13.3. The molecule has 2 heterocycles. The van der Waals surface area contributed by atoms with Crippen molar-refractivity contribution < 1.29 is 9.90 Å². The fraction of sp³-hybridized carbons (Fsp3) is 0.833. The van der Waals surface area contributed by atoms with E-state index in [2.05, 4.69) is 11.4 Å². The highest BCUT2D eigenvalue weighted by molar-refractivity contribution is 5.80. The van der Waals surface area contributed by atoms with Crippen molar-refractivity contribution in [2.24, 2.45) is 5.73 Å². The van der Waals surface area contributed by atoms with Crippen LogP contribution in [0.5, 0.6) is 0 Å². The van der Waals surface area contributed by atoms with E-state index < -0.39 is 18.1 Å². The summed E-state index contributed by atoms with van der Waals surface area (Å²) < 4.78 is 0. The Balaban J connectivity index is 2.15. The van der Waals surface area contributed by atoms with E-state index in [0.29, 0.717) is 13.0 Å². The lowest BCUT2D eigenvalue weighted by atomic mass is 9.75. The molecule has 6 heteroatoms. The lowest BCUT2D eigenvalue weighted by Gasteiger charge is -2.58. The minimum atomic E-state index is -0.817. The first-order valence-corrected chi connectivity index (χ1v) is 6.37. The van der Waals surface area contributed by atoms with Crippen molar-refractivity contribution in [1.29, 1.82) is 5.26 Å². The Morgan fingerprint density at radius 2 is 2.50 bits per heavy atom. The van der Waals surface area contributed by atoms with Crippen molar-refractivity contribution in [3.05, 3.63) is 0 Å². The van der Waals surface area contributed by atoms with Crippen LogP contribution in [0.3, 0.4) is 0 Å². The number of nitrogens with two attached hydrogens (primary N) is 1. The molecule has 1 spiro atoms. The average Bonchev–Trinajstić information content (AvgIpc) is 2.75. The summed E-state index contributed by atoms with van der Waals surface area (Å²) in [7, 11) is 0. The van der Waals surface area contributed by atoms with Crippen molar-refractivity contribution in [2.45, 2.75) is 49.9 Å². The second-order valence-corrected chi connectivity index (χ2v) is 5.32. The van der Waals surface area contributed by atoms with Crippen LogP contribution in [-0.4, -0.2) is 52.7 Å². The van der Waals surface area contributed by atoms with Gasteiger partial charge >= 0.3 is 0 Å². The maximum atomic E-state index is 11.4. The molecule has 0 radical (unpaired) electrons. The molecule has 0 bridgehead atoms. The zero-order valence-corrected chi connectivity index (χ0v) is 10.6. The number of carbonyl (C=O) groups is 1. The van der Waals surface area contributed by atoms with Crippen LogP contribution in [0.2, 0.25) is 0 Å². The fourth-order valence-corrected chi connectivity index (χ4v) is 3.36. The van der Waals surface area contributed by atoms with Crippen LogP contribution in [0.25, 0.3) is 0 Å². The summed E-state index contributed by atoms with van der Waals surface area (Å²) in [5.74, 6) is -0.527. The number of carbonyl (C=O) groups excluding carboxylic acids is 1. The Kier molecular flexibility index (Phi) is 3.57. The third-order valence-electron chi connectivity index (χ3n) is 4.17. The molecule has 2 aliphatic rings. The number of likely N-dealkylation sites (tertiary alicyclic amines) is 1. The molecular weight excluding hydrogens is 232 g/mol. The van der Waals surface area contributed by atoms with E-state index in [4.69, 9.17) is 11.0 Å². The molecule has 2 fully saturated rings. The SMILES string of the molecule is C[C@@H](O)[C@@H](C(N)=O)N1CC2(CCCN2)C1CC#N. The van der Waals surface area contributed by atoms with Gasteiger partial charge in [-0.15, -0.1) is 0 Å². The van der Waals surface area contributed by atoms with E-state index in [1.165, 1.54) is 0 Å². The minimum absolute atomic E-state index is 0.0305. The number of hydrogen-bond acceptors (Lipinski definition) is 5. The predicted molar refractivity (Wildman–Crippen MR) is 65.4 cm³/mol. The van der Waals surface area contributed by atoms with Crippen LogP contribution in [0.4, 0.5) is 0 Å². The van der Waals surface area contributed by atoms with Gasteiger partial charge < -0.3 is 16.2 Å². The molecule has 0 aliphatic carbocycles. The number of primary amides is 1. The second kappa shape index (κ2) is 4.84. The maximum absolute atomic E-state index is 11.4. The summed E-state index contributed by atoms with van der Waals surface area (Å²) in [6.07, 6.45) is 1.64. The number of aliphatic hydroxyl groups is 1. The molecule has 4 atom stereocenters. The molecular formula is C12H20N4O2. The fourth-order valence-electron chi connectivity index (χ4n) is 3.36. The minimum Gasteiger partial charge on any atom is -0.391 e. The average molecular weight is 252 g/mol.